The van der Waals surface area contributed by atoms with Crippen LogP contribution >= 0.6 is 15.9 Å². The third kappa shape index (κ3) is 7.43. The molecule has 1 N–H and O–H groups in total. The number of nitrogens with one attached hydrogen (secondary N) is 1. The van der Waals surface area contributed by atoms with E-state index < -0.39 is 21.9 Å². The average Bonchev–Trinajstić information content (AvgIpc) is 3.56. The Labute approximate surface area is 271 Å². The van der Waals surface area contributed by atoms with Crippen molar-refractivity contribution in [3.8, 4) is 11.3 Å². The smallest absolute Gasteiger partial charge is 0.243 e. The molecule has 8 nitrogen and oxygen atoms in total. The van der Waals surface area contributed by atoms with Crippen LogP contribution in [0.2, 0.25) is 0 Å². The van der Waals surface area contributed by atoms with E-state index in [-0.39, 0.29) is 23.9 Å². The minimum Gasteiger partial charge on any atom is -0.349 e. The molecule has 0 bridgehead atoms. The van der Waals surface area contributed by atoms with Crippen molar-refractivity contribution in [2.75, 3.05) is 24.5 Å². The van der Waals surface area contributed by atoms with Crippen molar-refractivity contribution in [3.05, 3.63) is 106 Å². The summed E-state index contributed by atoms with van der Waals surface area (Å²) in [7, 11) is -3.96. The van der Waals surface area contributed by atoms with E-state index in [1.807, 2.05) is 36.4 Å². The Morgan fingerprint density at radius 3 is 2.33 bits per heavy atom. The highest BCUT2D eigenvalue weighted by Crippen LogP contribution is 2.29. The summed E-state index contributed by atoms with van der Waals surface area (Å²) in [6.07, 6.45) is 4.09. The molecule has 2 saturated heterocycles. The fourth-order valence-corrected chi connectivity index (χ4v) is 8.02. The number of rotatable bonds is 9. The molecule has 234 valence electrons. The molecular formula is C34H35BrFN5O3S. The zero-order valence-corrected chi connectivity index (χ0v) is 27.2. The van der Waals surface area contributed by atoms with E-state index in [1.165, 1.54) is 22.0 Å². The van der Waals surface area contributed by atoms with Gasteiger partial charge < -0.3 is 10.2 Å². The highest BCUT2D eigenvalue weighted by atomic mass is 79.9. The molecule has 1 atom stereocenters. The van der Waals surface area contributed by atoms with Crippen molar-refractivity contribution in [1.29, 1.82) is 0 Å². The number of anilines is 1. The highest BCUT2D eigenvalue weighted by molar-refractivity contribution is 9.10. The van der Waals surface area contributed by atoms with Crippen LogP contribution in [0, 0.1) is 11.7 Å². The fourth-order valence-electron chi connectivity index (χ4n) is 6.10. The number of piperidine rings is 1. The zero-order chi connectivity index (χ0) is 31.4. The van der Waals surface area contributed by atoms with Crippen LogP contribution in [0.4, 0.5) is 10.3 Å². The number of sulfonamides is 1. The molecule has 0 radical (unpaired) electrons. The van der Waals surface area contributed by atoms with Crippen LogP contribution in [-0.4, -0.2) is 54.3 Å². The van der Waals surface area contributed by atoms with Crippen molar-refractivity contribution >= 4 is 37.8 Å². The van der Waals surface area contributed by atoms with Crippen molar-refractivity contribution in [1.82, 2.24) is 19.6 Å². The normalized spacial score (nSPS) is 17.8. The van der Waals surface area contributed by atoms with Gasteiger partial charge in [-0.1, -0.05) is 58.4 Å². The van der Waals surface area contributed by atoms with E-state index in [0.717, 1.165) is 60.2 Å². The maximum absolute atomic E-state index is 13.4. The number of benzene rings is 3. The molecule has 1 aromatic heterocycles. The molecule has 45 heavy (non-hydrogen) atoms. The number of nitrogens with zero attached hydrogens (tertiary/aromatic N) is 4. The van der Waals surface area contributed by atoms with E-state index in [4.69, 9.17) is 9.97 Å². The average molecular weight is 693 g/mol. The highest BCUT2D eigenvalue weighted by Gasteiger charge is 2.39. The lowest BCUT2D eigenvalue weighted by Crippen LogP contribution is -2.45. The number of carbonyl (C=O) groups is 1. The Kier molecular flexibility index (Phi) is 9.58. The summed E-state index contributed by atoms with van der Waals surface area (Å²) < 4.78 is 42.2. The lowest BCUT2D eigenvalue weighted by molar-refractivity contribution is -0.124. The minimum absolute atomic E-state index is 0.0317. The van der Waals surface area contributed by atoms with Gasteiger partial charge in [0.25, 0.3) is 0 Å². The monoisotopic (exact) mass is 691 g/mol. The van der Waals surface area contributed by atoms with Gasteiger partial charge in [0, 0.05) is 29.7 Å². The van der Waals surface area contributed by atoms with Crippen LogP contribution < -0.4 is 10.2 Å². The van der Waals surface area contributed by atoms with Gasteiger partial charge in [-0.25, -0.2) is 22.8 Å². The van der Waals surface area contributed by atoms with Crippen molar-refractivity contribution in [2.24, 2.45) is 5.92 Å². The second-order valence-corrected chi connectivity index (χ2v) is 14.4. The minimum atomic E-state index is -3.96. The number of carbonyl (C=O) groups excluding carboxylic acids is 1. The molecule has 0 saturated carbocycles. The molecule has 1 unspecified atom stereocenters. The molecule has 11 heteroatoms. The van der Waals surface area contributed by atoms with Gasteiger partial charge in [0.05, 0.1) is 22.8 Å². The first-order chi connectivity index (χ1) is 21.8. The predicted molar refractivity (Wildman–Crippen MR) is 175 cm³/mol. The first-order valence-electron chi connectivity index (χ1n) is 15.2. The number of hydrogen-bond acceptors (Lipinski definition) is 6. The third-order valence-electron chi connectivity index (χ3n) is 8.54. The van der Waals surface area contributed by atoms with Crippen molar-refractivity contribution in [2.45, 2.75) is 49.6 Å². The van der Waals surface area contributed by atoms with Crippen LogP contribution in [-0.2, 0) is 27.8 Å². The summed E-state index contributed by atoms with van der Waals surface area (Å²) in [6.45, 7) is 2.03. The second-order valence-electron chi connectivity index (χ2n) is 11.6. The Morgan fingerprint density at radius 1 is 0.911 bits per heavy atom. The van der Waals surface area contributed by atoms with Crippen LogP contribution in [0.25, 0.3) is 11.3 Å². The lowest BCUT2D eigenvalue weighted by atomic mass is 9.90. The molecule has 2 fully saturated rings. The molecule has 3 aromatic carbocycles. The van der Waals surface area contributed by atoms with Crippen LogP contribution in [0.5, 0.6) is 0 Å². The summed E-state index contributed by atoms with van der Waals surface area (Å²) in [6, 6.07) is 24.2. The summed E-state index contributed by atoms with van der Waals surface area (Å²) in [4.78, 5) is 25.4. The third-order valence-corrected chi connectivity index (χ3v) is 11.0. The summed E-state index contributed by atoms with van der Waals surface area (Å²) in [5.74, 6) is 0.315. The summed E-state index contributed by atoms with van der Waals surface area (Å²) in [5.41, 5.74) is 3.68. The van der Waals surface area contributed by atoms with Gasteiger partial charge in [-0.3, -0.25) is 4.79 Å². The molecule has 6 rings (SSSR count). The first-order valence-corrected chi connectivity index (χ1v) is 17.5. The van der Waals surface area contributed by atoms with Gasteiger partial charge in [0.1, 0.15) is 11.9 Å². The van der Waals surface area contributed by atoms with E-state index >= 15 is 0 Å². The van der Waals surface area contributed by atoms with Crippen LogP contribution in [0.1, 0.15) is 36.9 Å². The van der Waals surface area contributed by atoms with E-state index in [2.05, 4.69) is 50.4 Å². The topological polar surface area (TPSA) is 95.5 Å². The van der Waals surface area contributed by atoms with Gasteiger partial charge in [0.2, 0.25) is 21.9 Å². The van der Waals surface area contributed by atoms with Gasteiger partial charge in [-0.05, 0) is 86.1 Å². The molecule has 2 aliphatic rings. The zero-order valence-electron chi connectivity index (χ0n) is 24.8. The molecule has 2 aliphatic heterocycles. The van der Waals surface area contributed by atoms with Gasteiger partial charge in [-0.2, -0.15) is 4.31 Å². The number of halogens is 2. The van der Waals surface area contributed by atoms with E-state index in [0.29, 0.717) is 30.4 Å². The standard InChI is InChI=1S/C34H35BrFN5O3S/c35-27-10-8-26(9-11-27)31-22-29(38-34(39-31)40-19-16-25(17-20-40)21-24-5-2-1-3-6-24)23-37-33(42)32-7-4-18-41(32)45(43,44)30-14-12-28(36)13-15-30/h1-3,5-6,8-15,22,25,32H,4,7,16-21,23H2,(H,37,42). The van der Waals surface area contributed by atoms with Crippen molar-refractivity contribution in [3.63, 3.8) is 0 Å². The van der Waals surface area contributed by atoms with Gasteiger partial charge in [-0.15, -0.1) is 0 Å². The number of amides is 1. The SMILES string of the molecule is O=C(NCc1cc(-c2ccc(Br)cc2)nc(N2CCC(Cc3ccccc3)CC2)n1)C1CCCN1S(=O)(=O)c1ccc(F)cc1. The maximum Gasteiger partial charge on any atom is 0.243 e. The number of aromatic nitrogens is 2. The fraction of sp³-hybridized carbons (Fsp3) is 0.324. The Bertz CT molecular complexity index is 1730. The Hall–Kier alpha value is -3.67. The molecular weight excluding hydrogens is 657 g/mol. The van der Waals surface area contributed by atoms with Gasteiger partial charge >= 0.3 is 0 Å². The number of hydrogen-bond donors (Lipinski definition) is 1. The Balaban J connectivity index is 1.18. The lowest BCUT2D eigenvalue weighted by Gasteiger charge is -2.32. The molecule has 0 aliphatic carbocycles. The maximum atomic E-state index is 13.4. The predicted octanol–water partition coefficient (Wildman–Crippen LogP) is 5.97. The largest absolute Gasteiger partial charge is 0.349 e. The molecule has 3 heterocycles. The summed E-state index contributed by atoms with van der Waals surface area (Å²) in [5, 5.41) is 2.93. The molecule has 0 spiro atoms. The van der Waals surface area contributed by atoms with Gasteiger partial charge in [0.15, 0.2) is 0 Å². The Morgan fingerprint density at radius 2 is 1.62 bits per heavy atom. The first kappa shape index (κ1) is 31.3. The quantitative estimate of drug-likeness (QED) is 0.232. The van der Waals surface area contributed by atoms with Crippen LogP contribution in [0.15, 0.2) is 94.3 Å². The summed E-state index contributed by atoms with van der Waals surface area (Å²) >= 11 is 3.50. The molecule has 1 amide bonds. The second kappa shape index (κ2) is 13.8. The molecule has 4 aromatic rings. The van der Waals surface area contributed by atoms with Crippen molar-refractivity contribution < 1.29 is 17.6 Å². The van der Waals surface area contributed by atoms with E-state index in [9.17, 15) is 17.6 Å². The van der Waals surface area contributed by atoms with Crippen LogP contribution in [0.3, 0.4) is 0 Å². The van der Waals surface area contributed by atoms with E-state index in [1.54, 1.807) is 0 Å².